The zero-order valence-electron chi connectivity index (χ0n) is 20.9. The predicted molar refractivity (Wildman–Crippen MR) is 137 cm³/mol. The fraction of sp³-hybridized carbons (Fsp3) is 0.633. The molecule has 3 aliphatic rings. The van der Waals surface area contributed by atoms with Crippen molar-refractivity contribution in [1.82, 2.24) is 4.90 Å². The molecule has 186 valence electrons. The minimum Gasteiger partial charge on any atom is -0.392 e. The zero-order chi connectivity index (χ0) is 23.9. The van der Waals surface area contributed by atoms with Gasteiger partial charge in [0.1, 0.15) is 0 Å². The second-order valence-corrected chi connectivity index (χ2v) is 10.9. The van der Waals surface area contributed by atoms with E-state index < -0.39 is 6.10 Å². The van der Waals surface area contributed by atoms with Crippen LogP contribution in [0.3, 0.4) is 0 Å². The number of nitrogens with zero attached hydrogens (tertiary/aromatic N) is 1. The number of amides is 1. The van der Waals surface area contributed by atoms with Crippen molar-refractivity contribution in [2.24, 2.45) is 17.8 Å². The first kappa shape index (κ1) is 25.2. The van der Waals surface area contributed by atoms with Gasteiger partial charge in [-0.1, -0.05) is 60.1 Å². The lowest BCUT2D eigenvalue weighted by atomic mass is 9.88. The molecule has 1 heterocycles. The van der Waals surface area contributed by atoms with E-state index in [1.165, 1.54) is 30.4 Å². The fourth-order valence-electron chi connectivity index (χ4n) is 6.30. The average molecular weight is 466 g/mol. The van der Waals surface area contributed by atoms with E-state index in [0.717, 1.165) is 57.2 Å². The molecular formula is C30H43NO3. The van der Waals surface area contributed by atoms with Crippen LogP contribution in [0.5, 0.6) is 0 Å². The van der Waals surface area contributed by atoms with E-state index in [1.807, 2.05) is 12.1 Å². The summed E-state index contributed by atoms with van der Waals surface area (Å²) >= 11 is 0. The Hall–Kier alpha value is -1.91. The third-order valence-corrected chi connectivity index (χ3v) is 8.13. The van der Waals surface area contributed by atoms with Gasteiger partial charge in [0.25, 0.3) is 0 Å². The molecule has 1 aromatic rings. The highest BCUT2D eigenvalue weighted by Crippen LogP contribution is 2.48. The molecule has 5 atom stereocenters. The Morgan fingerprint density at radius 3 is 2.79 bits per heavy atom. The molecule has 4 nitrogen and oxygen atoms in total. The minimum atomic E-state index is -0.519. The van der Waals surface area contributed by atoms with E-state index >= 15 is 0 Å². The minimum absolute atomic E-state index is 0.132. The maximum absolute atomic E-state index is 12.3. The molecule has 34 heavy (non-hydrogen) atoms. The summed E-state index contributed by atoms with van der Waals surface area (Å²) in [5.74, 6) is 1.41. The van der Waals surface area contributed by atoms with E-state index in [1.54, 1.807) is 0 Å². The molecule has 1 aromatic carbocycles. The van der Waals surface area contributed by atoms with E-state index in [9.17, 15) is 15.0 Å². The van der Waals surface area contributed by atoms with Crippen molar-refractivity contribution in [3.8, 4) is 0 Å². The van der Waals surface area contributed by atoms with Crippen LogP contribution in [0, 0.1) is 24.7 Å². The molecule has 1 saturated carbocycles. The number of aliphatic hydroxyl groups is 2. The number of unbranched alkanes of at least 4 members (excludes halogenated alkanes) is 2. The van der Waals surface area contributed by atoms with Crippen LogP contribution < -0.4 is 0 Å². The Bertz CT molecular complexity index is 870. The Morgan fingerprint density at radius 1 is 1.18 bits per heavy atom. The Labute approximate surface area is 205 Å². The van der Waals surface area contributed by atoms with Crippen molar-refractivity contribution in [3.63, 3.8) is 0 Å². The molecule has 0 aromatic heterocycles. The van der Waals surface area contributed by atoms with Crippen molar-refractivity contribution >= 4 is 5.91 Å². The number of benzene rings is 1. The van der Waals surface area contributed by atoms with Gasteiger partial charge in [0.15, 0.2) is 0 Å². The zero-order valence-corrected chi connectivity index (χ0v) is 20.9. The van der Waals surface area contributed by atoms with Gasteiger partial charge in [0.05, 0.1) is 12.2 Å². The molecule has 1 amide bonds. The molecule has 2 N–H and O–H groups in total. The van der Waals surface area contributed by atoms with Crippen LogP contribution in [-0.4, -0.2) is 46.3 Å². The molecule has 2 aliphatic carbocycles. The number of aryl methyl sites for hydroxylation is 1. The third-order valence-electron chi connectivity index (χ3n) is 8.13. The van der Waals surface area contributed by atoms with Gasteiger partial charge in [-0.2, -0.15) is 0 Å². The van der Waals surface area contributed by atoms with Crippen molar-refractivity contribution in [2.75, 3.05) is 13.1 Å². The van der Waals surface area contributed by atoms with Crippen LogP contribution in [-0.2, 0) is 11.2 Å². The quantitative estimate of drug-likeness (QED) is 0.361. The molecule has 2 fully saturated rings. The highest BCUT2D eigenvalue weighted by molar-refractivity contribution is 5.76. The first-order chi connectivity index (χ1) is 16.5. The highest BCUT2D eigenvalue weighted by atomic mass is 16.3. The standard InChI is InChI=1S/C30H43NO3/c1-22-9-8-11-23(17-22)19-26(32)13-14-27-28-20-24(18-25(28)21-29(27)33)10-4-2-5-12-30(34)31-15-6-3-7-16-31/h8-9,11,13-14,17-18,25-29,32-33H,2-7,10,12,15-16,19-21H2,1H3/t25-,26-,27+,28-,29+/m0/s1. The van der Waals surface area contributed by atoms with Crippen LogP contribution >= 0.6 is 0 Å². The average Bonchev–Trinajstić information content (AvgIpc) is 3.34. The van der Waals surface area contributed by atoms with Gasteiger partial charge in [0.2, 0.25) is 5.91 Å². The van der Waals surface area contributed by atoms with Crippen LogP contribution in [0.15, 0.2) is 48.1 Å². The molecular weight excluding hydrogens is 422 g/mol. The summed E-state index contributed by atoms with van der Waals surface area (Å²) in [7, 11) is 0. The third kappa shape index (κ3) is 6.82. The van der Waals surface area contributed by atoms with E-state index in [4.69, 9.17) is 0 Å². The number of piperidine rings is 1. The lowest BCUT2D eigenvalue weighted by Crippen LogP contribution is -2.35. The molecule has 4 rings (SSSR count). The summed E-state index contributed by atoms with van der Waals surface area (Å²) in [6.07, 6.45) is 16.8. The van der Waals surface area contributed by atoms with Gasteiger partial charge in [-0.15, -0.1) is 0 Å². The van der Waals surface area contributed by atoms with Gasteiger partial charge < -0.3 is 15.1 Å². The molecule has 0 bridgehead atoms. The number of hydrogen-bond donors (Lipinski definition) is 2. The Kier molecular flexibility index (Phi) is 9.02. The van der Waals surface area contributed by atoms with Crippen molar-refractivity contribution in [3.05, 3.63) is 59.2 Å². The van der Waals surface area contributed by atoms with Gasteiger partial charge in [-0.05, 0) is 75.7 Å². The summed E-state index contributed by atoms with van der Waals surface area (Å²) in [6.45, 7) is 3.98. The predicted octanol–water partition coefficient (Wildman–Crippen LogP) is 5.36. The molecule has 4 heteroatoms. The van der Waals surface area contributed by atoms with Gasteiger partial charge >= 0.3 is 0 Å². The van der Waals surface area contributed by atoms with Crippen LogP contribution in [0.4, 0.5) is 0 Å². The Morgan fingerprint density at radius 2 is 2.00 bits per heavy atom. The Balaban J connectivity index is 1.17. The summed E-state index contributed by atoms with van der Waals surface area (Å²) in [5.41, 5.74) is 3.88. The second-order valence-electron chi connectivity index (χ2n) is 10.9. The SMILES string of the molecule is Cc1cccc(C[C@@H](O)C=C[C@@H]2[C@H]3CC(CCCCCC(=O)N4CCCCC4)=C[C@H]3C[C@H]2O)c1. The molecule has 0 spiro atoms. The summed E-state index contributed by atoms with van der Waals surface area (Å²) in [6, 6.07) is 8.28. The molecule has 1 saturated heterocycles. The first-order valence-electron chi connectivity index (χ1n) is 13.6. The first-order valence-corrected chi connectivity index (χ1v) is 13.6. The largest absolute Gasteiger partial charge is 0.392 e. The van der Waals surface area contributed by atoms with E-state index in [0.29, 0.717) is 30.6 Å². The molecule has 1 aliphatic heterocycles. The summed E-state index contributed by atoms with van der Waals surface area (Å²) < 4.78 is 0. The van der Waals surface area contributed by atoms with E-state index in [-0.39, 0.29) is 12.0 Å². The highest BCUT2D eigenvalue weighted by Gasteiger charge is 2.43. The normalized spacial score (nSPS) is 27.7. The van der Waals surface area contributed by atoms with E-state index in [2.05, 4.69) is 42.2 Å². The van der Waals surface area contributed by atoms with Crippen LogP contribution in [0.1, 0.15) is 75.3 Å². The topological polar surface area (TPSA) is 60.8 Å². The number of fused-ring (bicyclic) bond motifs is 1. The lowest BCUT2D eigenvalue weighted by molar-refractivity contribution is -0.132. The summed E-state index contributed by atoms with van der Waals surface area (Å²) in [5, 5.41) is 21.1. The van der Waals surface area contributed by atoms with Crippen molar-refractivity contribution in [2.45, 2.75) is 89.8 Å². The smallest absolute Gasteiger partial charge is 0.222 e. The summed E-state index contributed by atoms with van der Waals surface area (Å²) in [4.78, 5) is 14.4. The van der Waals surface area contributed by atoms with Gasteiger partial charge in [-0.25, -0.2) is 0 Å². The number of aliphatic hydroxyl groups excluding tert-OH is 2. The lowest BCUT2D eigenvalue weighted by Gasteiger charge is -2.26. The number of likely N-dealkylation sites (tertiary alicyclic amines) is 1. The van der Waals surface area contributed by atoms with Gasteiger partial charge in [0, 0.05) is 31.8 Å². The number of allylic oxidation sites excluding steroid dienone is 2. The fourth-order valence-corrected chi connectivity index (χ4v) is 6.30. The monoisotopic (exact) mass is 465 g/mol. The molecule has 0 unspecified atom stereocenters. The van der Waals surface area contributed by atoms with Gasteiger partial charge in [-0.3, -0.25) is 4.79 Å². The number of rotatable bonds is 10. The maximum atomic E-state index is 12.3. The number of carbonyl (C=O) groups excluding carboxylic acids is 1. The second kappa shape index (κ2) is 12.2. The van der Waals surface area contributed by atoms with Crippen LogP contribution in [0.25, 0.3) is 0 Å². The maximum Gasteiger partial charge on any atom is 0.222 e. The number of carbonyl (C=O) groups is 1. The van der Waals surface area contributed by atoms with Crippen molar-refractivity contribution < 1.29 is 15.0 Å². The number of hydrogen-bond acceptors (Lipinski definition) is 3. The molecule has 0 radical (unpaired) electrons. The van der Waals surface area contributed by atoms with Crippen molar-refractivity contribution in [1.29, 1.82) is 0 Å². The van der Waals surface area contributed by atoms with Crippen LogP contribution in [0.2, 0.25) is 0 Å².